The molecule has 0 aromatic carbocycles. The number of aromatic nitrogens is 2. The van der Waals surface area contributed by atoms with Crippen molar-refractivity contribution in [3.63, 3.8) is 0 Å². The molecule has 0 saturated carbocycles. The summed E-state index contributed by atoms with van der Waals surface area (Å²) in [6, 6.07) is 1.93. The molecule has 7 nitrogen and oxygen atoms in total. The molecule has 2 saturated heterocycles. The Morgan fingerprint density at radius 2 is 2.05 bits per heavy atom. The summed E-state index contributed by atoms with van der Waals surface area (Å²) in [6.45, 7) is 3.00. The Kier molecular flexibility index (Phi) is 4.06. The van der Waals surface area contributed by atoms with Crippen molar-refractivity contribution in [2.24, 2.45) is 0 Å². The Bertz CT molecular complexity index is 525. The van der Waals surface area contributed by atoms with Gasteiger partial charge in [0.05, 0.1) is 13.2 Å². The highest BCUT2D eigenvalue weighted by Gasteiger charge is 2.35. The van der Waals surface area contributed by atoms with Crippen LogP contribution in [0.2, 0.25) is 0 Å². The van der Waals surface area contributed by atoms with E-state index in [2.05, 4.69) is 10.2 Å². The molecule has 2 fully saturated rings. The molecule has 20 heavy (non-hydrogen) atoms. The van der Waals surface area contributed by atoms with Gasteiger partial charge in [-0.1, -0.05) is 0 Å². The highest BCUT2D eigenvalue weighted by atomic mass is 32.2. The van der Waals surface area contributed by atoms with E-state index in [0.29, 0.717) is 39.4 Å². The van der Waals surface area contributed by atoms with Crippen LogP contribution in [0.25, 0.3) is 0 Å². The Hall–Kier alpha value is -0.960. The first-order valence-corrected chi connectivity index (χ1v) is 8.40. The van der Waals surface area contributed by atoms with Crippen molar-refractivity contribution in [3.8, 4) is 0 Å². The number of piperidine rings is 1. The fraction of sp³-hybridized carbons (Fsp3) is 0.750. The highest BCUT2D eigenvalue weighted by molar-refractivity contribution is 7.86. The first-order chi connectivity index (χ1) is 9.68. The largest absolute Gasteiger partial charge is 0.379 e. The maximum Gasteiger partial charge on any atom is 0.282 e. The number of ether oxygens (including phenoxy) is 1. The molecule has 0 spiro atoms. The molecule has 8 heteroatoms. The maximum atomic E-state index is 12.6. The Morgan fingerprint density at radius 1 is 1.25 bits per heavy atom. The van der Waals surface area contributed by atoms with E-state index in [0.717, 1.165) is 18.5 Å². The molecular formula is C12H20N4O3S. The third-order valence-corrected chi connectivity index (χ3v) is 5.97. The smallest absolute Gasteiger partial charge is 0.282 e. The van der Waals surface area contributed by atoms with Gasteiger partial charge >= 0.3 is 0 Å². The van der Waals surface area contributed by atoms with E-state index in [-0.39, 0.29) is 5.92 Å². The van der Waals surface area contributed by atoms with Gasteiger partial charge in [0.2, 0.25) is 0 Å². The van der Waals surface area contributed by atoms with E-state index in [9.17, 15) is 8.42 Å². The molecule has 2 aliphatic rings. The van der Waals surface area contributed by atoms with Crippen LogP contribution < -0.4 is 0 Å². The molecule has 1 aromatic rings. The Balaban J connectivity index is 1.72. The number of hydrogen-bond donors (Lipinski definition) is 1. The first kappa shape index (κ1) is 14.0. The van der Waals surface area contributed by atoms with Crippen LogP contribution in [0.1, 0.15) is 24.5 Å². The fourth-order valence-corrected chi connectivity index (χ4v) is 4.51. The van der Waals surface area contributed by atoms with Crippen LogP contribution in [-0.2, 0) is 14.9 Å². The lowest BCUT2D eigenvalue weighted by Crippen LogP contribution is -2.51. The third kappa shape index (κ3) is 2.73. The summed E-state index contributed by atoms with van der Waals surface area (Å²) in [7, 11) is -3.36. The molecule has 1 atom stereocenters. The van der Waals surface area contributed by atoms with E-state index in [4.69, 9.17) is 4.74 Å². The number of rotatable bonds is 3. The molecular weight excluding hydrogens is 280 g/mol. The molecule has 1 N–H and O–H groups in total. The van der Waals surface area contributed by atoms with Gasteiger partial charge in [-0.2, -0.15) is 22.1 Å². The van der Waals surface area contributed by atoms with Crippen molar-refractivity contribution in [2.45, 2.75) is 18.8 Å². The van der Waals surface area contributed by atoms with Crippen LogP contribution in [0, 0.1) is 0 Å². The number of nitrogens with one attached hydrogen (secondary N) is 1. The Morgan fingerprint density at radius 3 is 2.75 bits per heavy atom. The summed E-state index contributed by atoms with van der Waals surface area (Å²) in [5, 5.41) is 6.91. The standard InChI is InChI=1S/C12H20N4O3S/c17-20(18,15-6-8-19-9-7-15)16-5-1-2-11(10-16)12-3-4-13-14-12/h3-4,11H,1-2,5-10H2,(H,13,14)/t11-/m0/s1. The normalized spacial score (nSPS) is 26.7. The van der Waals surface area contributed by atoms with Crippen molar-refractivity contribution in [2.75, 3.05) is 39.4 Å². The predicted molar refractivity (Wildman–Crippen MR) is 73.4 cm³/mol. The molecule has 3 rings (SSSR count). The topological polar surface area (TPSA) is 78.5 Å². The van der Waals surface area contributed by atoms with Gasteiger partial charge in [-0.25, -0.2) is 0 Å². The van der Waals surface area contributed by atoms with Gasteiger partial charge in [0.25, 0.3) is 10.2 Å². The summed E-state index contributed by atoms with van der Waals surface area (Å²) >= 11 is 0. The molecule has 3 heterocycles. The second-order valence-corrected chi connectivity index (χ2v) is 7.16. The summed E-state index contributed by atoms with van der Waals surface area (Å²) in [5.41, 5.74) is 1.02. The summed E-state index contributed by atoms with van der Waals surface area (Å²) in [4.78, 5) is 0. The van der Waals surface area contributed by atoms with Crippen LogP contribution in [0.15, 0.2) is 12.3 Å². The SMILES string of the molecule is O=S(=O)(N1CCOCC1)N1CCC[C@H](c2ccn[nH]2)C1. The maximum absolute atomic E-state index is 12.6. The molecule has 0 amide bonds. The van der Waals surface area contributed by atoms with Crippen molar-refractivity contribution in [3.05, 3.63) is 18.0 Å². The van der Waals surface area contributed by atoms with Gasteiger partial charge in [-0.15, -0.1) is 0 Å². The van der Waals surface area contributed by atoms with Gasteiger partial charge in [0.15, 0.2) is 0 Å². The number of aromatic amines is 1. The lowest BCUT2D eigenvalue weighted by atomic mass is 9.96. The summed E-state index contributed by atoms with van der Waals surface area (Å²) < 4.78 is 33.6. The van der Waals surface area contributed by atoms with Gasteiger partial charge in [-0.3, -0.25) is 5.10 Å². The average Bonchev–Trinajstić information content (AvgIpc) is 3.03. The number of H-pyrrole nitrogens is 1. The second-order valence-electron chi connectivity index (χ2n) is 5.23. The predicted octanol–water partition coefficient (Wildman–Crippen LogP) is 0.166. The highest BCUT2D eigenvalue weighted by Crippen LogP contribution is 2.27. The lowest BCUT2D eigenvalue weighted by molar-refractivity contribution is 0.0695. The number of morpholine rings is 1. The van der Waals surface area contributed by atoms with Crippen molar-refractivity contribution in [1.82, 2.24) is 18.8 Å². The lowest BCUT2D eigenvalue weighted by Gasteiger charge is -2.36. The van der Waals surface area contributed by atoms with Crippen LogP contribution in [-0.4, -0.2) is 66.6 Å². The monoisotopic (exact) mass is 300 g/mol. The first-order valence-electron chi connectivity index (χ1n) is 7.00. The van der Waals surface area contributed by atoms with Gasteiger partial charge in [0, 0.05) is 44.0 Å². The van der Waals surface area contributed by atoms with E-state index >= 15 is 0 Å². The summed E-state index contributed by atoms with van der Waals surface area (Å²) in [6.07, 6.45) is 3.59. The zero-order valence-electron chi connectivity index (χ0n) is 11.4. The molecule has 0 radical (unpaired) electrons. The van der Waals surface area contributed by atoms with Gasteiger partial charge < -0.3 is 4.74 Å². The van der Waals surface area contributed by atoms with E-state index in [1.807, 2.05) is 6.07 Å². The van der Waals surface area contributed by atoms with Crippen LogP contribution >= 0.6 is 0 Å². The molecule has 0 unspecified atom stereocenters. The quantitative estimate of drug-likeness (QED) is 0.863. The van der Waals surface area contributed by atoms with Crippen molar-refractivity contribution >= 4 is 10.2 Å². The third-order valence-electron chi connectivity index (χ3n) is 3.97. The van der Waals surface area contributed by atoms with Crippen molar-refractivity contribution < 1.29 is 13.2 Å². The zero-order chi connectivity index (χ0) is 14.0. The minimum atomic E-state index is -3.36. The van der Waals surface area contributed by atoms with E-state index < -0.39 is 10.2 Å². The summed E-state index contributed by atoms with van der Waals surface area (Å²) in [5.74, 6) is 0.210. The van der Waals surface area contributed by atoms with Crippen LogP contribution in [0.3, 0.4) is 0 Å². The van der Waals surface area contributed by atoms with Gasteiger partial charge in [0.1, 0.15) is 0 Å². The Labute approximate surface area is 119 Å². The minimum absolute atomic E-state index is 0.210. The zero-order valence-corrected chi connectivity index (χ0v) is 12.2. The fourth-order valence-electron chi connectivity index (χ4n) is 2.84. The van der Waals surface area contributed by atoms with E-state index in [1.54, 1.807) is 10.5 Å². The van der Waals surface area contributed by atoms with Crippen LogP contribution in [0.5, 0.6) is 0 Å². The minimum Gasteiger partial charge on any atom is -0.379 e. The molecule has 0 aliphatic carbocycles. The van der Waals surface area contributed by atoms with Crippen molar-refractivity contribution in [1.29, 1.82) is 0 Å². The average molecular weight is 300 g/mol. The second kappa shape index (κ2) is 5.80. The van der Waals surface area contributed by atoms with Gasteiger partial charge in [-0.05, 0) is 18.9 Å². The molecule has 1 aromatic heterocycles. The number of nitrogens with zero attached hydrogens (tertiary/aromatic N) is 3. The van der Waals surface area contributed by atoms with E-state index in [1.165, 1.54) is 4.31 Å². The molecule has 0 bridgehead atoms. The molecule has 2 aliphatic heterocycles. The number of hydrogen-bond acceptors (Lipinski definition) is 4. The molecule has 112 valence electrons. The van der Waals surface area contributed by atoms with Crippen LogP contribution in [0.4, 0.5) is 0 Å².